The number of fused-ring (bicyclic) bond motifs is 1. The smallest absolute Gasteiger partial charge is 0.258 e. The minimum absolute atomic E-state index is 0.125. The summed E-state index contributed by atoms with van der Waals surface area (Å²) in [7, 11) is 0. The van der Waals surface area contributed by atoms with Crippen LogP contribution in [0.4, 0.5) is 5.69 Å². The van der Waals surface area contributed by atoms with Crippen LogP contribution in [0.3, 0.4) is 0 Å². The van der Waals surface area contributed by atoms with Gasteiger partial charge in [0.15, 0.2) is 4.96 Å². The zero-order valence-corrected chi connectivity index (χ0v) is 16.8. The van der Waals surface area contributed by atoms with Gasteiger partial charge in [0.1, 0.15) is 12.4 Å². The number of carbonyl (C=O) groups excluding carboxylic acids is 1. The van der Waals surface area contributed by atoms with Gasteiger partial charge in [-0.05, 0) is 43.7 Å². The van der Waals surface area contributed by atoms with E-state index in [-0.39, 0.29) is 18.1 Å². The molecule has 2 heterocycles. The number of rotatable bonds is 5. The fourth-order valence-electron chi connectivity index (χ4n) is 2.95. The van der Waals surface area contributed by atoms with E-state index in [9.17, 15) is 9.59 Å². The van der Waals surface area contributed by atoms with E-state index in [1.54, 1.807) is 12.3 Å². The van der Waals surface area contributed by atoms with Crippen LogP contribution in [0.5, 0.6) is 5.75 Å². The molecule has 0 unspecified atom stereocenters. The van der Waals surface area contributed by atoms with Crippen molar-refractivity contribution in [2.45, 2.75) is 20.5 Å². The molecule has 4 aromatic rings. The molecule has 1 amide bonds. The first-order chi connectivity index (χ1) is 14.0. The lowest BCUT2D eigenvalue weighted by atomic mass is 10.1. The number of nitrogens with one attached hydrogen (secondary N) is 1. The lowest BCUT2D eigenvalue weighted by Crippen LogP contribution is -2.15. The summed E-state index contributed by atoms with van der Waals surface area (Å²) in [6, 6.07) is 14.4. The first-order valence-electron chi connectivity index (χ1n) is 9.07. The van der Waals surface area contributed by atoms with Crippen LogP contribution in [0, 0.1) is 13.8 Å². The number of nitrogens with zero attached hydrogens (tertiary/aromatic N) is 2. The summed E-state index contributed by atoms with van der Waals surface area (Å²) >= 11 is 1.39. The van der Waals surface area contributed by atoms with Gasteiger partial charge in [0.25, 0.3) is 11.5 Å². The lowest BCUT2D eigenvalue weighted by Gasteiger charge is -2.13. The Bertz CT molecular complexity index is 1260. The number of thiazole rings is 1. The van der Waals surface area contributed by atoms with Crippen LogP contribution in [-0.4, -0.2) is 15.3 Å². The molecular formula is C22H19N3O3S. The number of amides is 1. The molecule has 0 spiro atoms. The molecule has 0 atom stereocenters. The van der Waals surface area contributed by atoms with Gasteiger partial charge in [0, 0.05) is 23.2 Å². The maximum atomic E-state index is 12.6. The van der Waals surface area contributed by atoms with Gasteiger partial charge >= 0.3 is 0 Å². The molecule has 0 saturated heterocycles. The molecule has 2 aromatic heterocycles. The summed E-state index contributed by atoms with van der Waals surface area (Å²) < 4.78 is 7.42. The van der Waals surface area contributed by atoms with Gasteiger partial charge in [-0.15, -0.1) is 11.3 Å². The van der Waals surface area contributed by atoms with Gasteiger partial charge in [-0.3, -0.25) is 14.0 Å². The lowest BCUT2D eigenvalue weighted by molar-refractivity contribution is 0.102. The van der Waals surface area contributed by atoms with E-state index >= 15 is 0 Å². The first-order valence-corrected chi connectivity index (χ1v) is 9.95. The van der Waals surface area contributed by atoms with E-state index in [2.05, 4.69) is 10.3 Å². The molecule has 0 aliphatic carbocycles. The van der Waals surface area contributed by atoms with E-state index in [4.69, 9.17) is 4.74 Å². The Balaban J connectivity index is 1.56. The molecule has 0 aliphatic rings. The Kier molecular flexibility index (Phi) is 5.14. The van der Waals surface area contributed by atoms with Gasteiger partial charge in [-0.1, -0.05) is 23.8 Å². The average molecular weight is 405 g/mol. The summed E-state index contributed by atoms with van der Waals surface area (Å²) in [6.07, 6.45) is 1.69. The Morgan fingerprint density at radius 3 is 2.79 bits per heavy atom. The second-order valence-electron chi connectivity index (χ2n) is 6.75. The SMILES string of the molecule is Cc1cccc(C(=O)Nc2ccc(C)cc2OCc2cc(=O)n3ccsc3n2)c1. The molecule has 0 aliphatic heterocycles. The summed E-state index contributed by atoms with van der Waals surface area (Å²) in [6.45, 7) is 4.01. The quantitative estimate of drug-likeness (QED) is 0.540. The van der Waals surface area contributed by atoms with E-state index in [0.717, 1.165) is 11.1 Å². The minimum atomic E-state index is -0.209. The summed E-state index contributed by atoms with van der Waals surface area (Å²) in [4.78, 5) is 29.8. The van der Waals surface area contributed by atoms with Gasteiger partial charge in [0.05, 0.1) is 11.4 Å². The number of anilines is 1. The highest BCUT2D eigenvalue weighted by atomic mass is 32.1. The zero-order valence-electron chi connectivity index (χ0n) is 16.0. The highest BCUT2D eigenvalue weighted by molar-refractivity contribution is 7.15. The molecule has 0 radical (unpaired) electrons. The predicted octanol–water partition coefficient (Wildman–Crippen LogP) is 4.20. The number of carbonyl (C=O) groups is 1. The number of hydrogen-bond acceptors (Lipinski definition) is 5. The summed E-state index contributed by atoms with van der Waals surface area (Å²) in [5, 5.41) is 4.72. The fourth-order valence-corrected chi connectivity index (χ4v) is 3.69. The van der Waals surface area contributed by atoms with Crippen LogP contribution in [-0.2, 0) is 6.61 Å². The second kappa shape index (κ2) is 7.89. The molecule has 29 heavy (non-hydrogen) atoms. The molecule has 4 rings (SSSR count). The summed E-state index contributed by atoms with van der Waals surface area (Å²) in [5.74, 6) is 0.318. The normalized spacial score (nSPS) is 10.8. The van der Waals surface area contributed by atoms with Crippen LogP contribution in [0.2, 0.25) is 0 Å². The van der Waals surface area contributed by atoms with Crippen molar-refractivity contribution < 1.29 is 9.53 Å². The number of hydrogen-bond donors (Lipinski definition) is 1. The highest BCUT2D eigenvalue weighted by Gasteiger charge is 2.12. The summed E-state index contributed by atoms with van der Waals surface area (Å²) in [5.41, 5.74) is 3.54. The molecule has 6 nitrogen and oxygen atoms in total. The van der Waals surface area contributed by atoms with Crippen LogP contribution < -0.4 is 15.6 Å². The van der Waals surface area contributed by atoms with E-state index in [1.165, 1.54) is 21.8 Å². The van der Waals surface area contributed by atoms with Crippen molar-refractivity contribution in [2.24, 2.45) is 0 Å². The maximum absolute atomic E-state index is 12.6. The van der Waals surface area contributed by atoms with E-state index < -0.39 is 0 Å². The van der Waals surface area contributed by atoms with Gasteiger partial charge < -0.3 is 10.1 Å². The van der Waals surface area contributed by atoms with Crippen molar-refractivity contribution in [3.8, 4) is 5.75 Å². The number of aryl methyl sites for hydroxylation is 2. The largest absolute Gasteiger partial charge is 0.485 e. The number of ether oxygens (including phenoxy) is 1. The van der Waals surface area contributed by atoms with Gasteiger partial charge in [0.2, 0.25) is 0 Å². The fraction of sp³-hybridized carbons (Fsp3) is 0.136. The van der Waals surface area contributed by atoms with Crippen LogP contribution >= 0.6 is 11.3 Å². The number of aromatic nitrogens is 2. The van der Waals surface area contributed by atoms with Crippen LogP contribution in [0.25, 0.3) is 4.96 Å². The Labute approximate surface area is 171 Å². The van der Waals surface area contributed by atoms with E-state index in [1.807, 2.05) is 55.6 Å². The van der Waals surface area contributed by atoms with Gasteiger partial charge in [-0.25, -0.2) is 4.98 Å². The maximum Gasteiger partial charge on any atom is 0.258 e. The molecular weight excluding hydrogens is 386 g/mol. The van der Waals surface area contributed by atoms with Crippen molar-refractivity contribution in [3.63, 3.8) is 0 Å². The third kappa shape index (κ3) is 4.20. The molecule has 0 saturated carbocycles. The third-order valence-electron chi connectivity index (χ3n) is 4.40. The Morgan fingerprint density at radius 2 is 1.97 bits per heavy atom. The topological polar surface area (TPSA) is 72.7 Å². The molecule has 7 heteroatoms. The van der Waals surface area contributed by atoms with Gasteiger partial charge in [-0.2, -0.15) is 0 Å². The molecule has 2 aromatic carbocycles. The van der Waals surface area contributed by atoms with Crippen LogP contribution in [0.1, 0.15) is 27.2 Å². The highest BCUT2D eigenvalue weighted by Crippen LogP contribution is 2.27. The molecule has 1 N–H and O–H groups in total. The van der Waals surface area contributed by atoms with Crippen molar-refractivity contribution in [3.05, 3.63) is 92.8 Å². The first kappa shape index (κ1) is 18.9. The number of benzene rings is 2. The molecule has 146 valence electrons. The van der Waals surface area contributed by atoms with Crippen molar-refractivity contribution in [1.29, 1.82) is 0 Å². The zero-order chi connectivity index (χ0) is 20.4. The second-order valence-corrected chi connectivity index (χ2v) is 7.63. The van der Waals surface area contributed by atoms with Crippen molar-refractivity contribution >= 4 is 27.9 Å². The average Bonchev–Trinajstić information content (AvgIpc) is 3.17. The van der Waals surface area contributed by atoms with Crippen molar-refractivity contribution in [1.82, 2.24) is 9.38 Å². The molecule has 0 fully saturated rings. The minimum Gasteiger partial charge on any atom is -0.485 e. The van der Waals surface area contributed by atoms with Crippen molar-refractivity contribution in [2.75, 3.05) is 5.32 Å². The standard InChI is InChI=1S/C22H19N3O3S/c1-14-4-3-5-16(10-14)21(27)24-18-7-6-15(2)11-19(18)28-13-17-12-20(26)25-8-9-29-22(25)23-17/h3-12H,13H2,1-2H3,(H,24,27). The third-order valence-corrected chi connectivity index (χ3v) is 5.15. The molecule has 0 bridgehead atoms. The predicted molar refractivity (Wildman–Crippen MR) is 114 cm³/mol. The van der Waals surface area contributed by atoms with E-state index in [0.29, 0.717) is 27.7 Å². The Morgan fingerprint density at radius 1 is 1.14 bits per heavy atom. The Hall–Kier alpha value is -3.45. The monoisotopic (exact) mass is 405 g/mol. The van der Waals surface area contributed by atoms with Crippen LogP contribution in [0.15, 0.2) is 64.9 Å².